The molecule has 1 aliphatic rings. The average molecular weight is 379 g/mol. The molecule has 1 amide bonds. The maximum absolute atomic E-state index is 12.3. The third-order valence-corrected chi connectivity index (χ3v) is 5.51. The molecule has 3 aromatic rings. The molecule has 1 unspecified atom stereocenters. The van der Waals surface area contributed by atoms with Gasteiger partial charge in [0.1, 0.15) is 12.4 Å². The van der Waals surface area contributed by atoms with Gasteiger partial charge in [-0.05, 0) is 23.6 Å². The largest absolute Gasteiger partial charge is 0.489 e. The zero-order valence-electron chi connectivity index (χ0n) is 15.0. The summed E-state index contributed by atoms with van der Waals surface area (Å²) in [7, 11) is 0. The monoisotopic (exact) mass is 379 g/mol. The van der Waals surface area contributed by atoms with Crippen LogP contribution in [0.15, 0.2) is 55.1 Å². The molecule has 5 nitrogen and oxygen atoms in total. The molecule has 1 N–H and O–H groups in total. The van der Waals surface area contributed by atoms with Crippen LogP contribution in [0.5, 0.6) is 5.75 Å². The molecule has 1 atom stereocenters. The minimum Gasteiger partial charge on any atom is -0.489 e. The Morgan fingerprint density at radius 1 is 1.37 bits per heavy atom. The zero-order chi connectivity index (χ0) is 18.8. The van der Waals surface area contributed by atoms with E-state index in [1.165, 1.54) is 0 Å². The van der Waals surface area contributed by atoms with Crippen molar-refractivity contribution in [1.29, 1.82) is 0 Å². The summed E-state index contributed by atoms with van der Waals surface area (Å²) in [5.41, 5.74) is 4.18. The molecule has 0 bridgehead atoms. The molecule has 0 radical (unpaired) electrons. The highest BCUT2D eigenvalue weighted by atomic mass is 32.1. The van der Waals surface area contributed by atoms with Gasteiger partial charge in [-0.1, -0.05) is 30.9 Å². The molecule has 6 heteroatoms. The van der Waals surface area contributed by atoms with Gasteiger partial charge in [-0.2, -0.15) is 0 Å². The number of carbonyl (C=O) groups excluding carboxylic acids is 1. The smallest absolute Gasteiger partial charge is 0.221 e. The van der Waals surface area contributed by atoms with E-state index in [2.05, 4.69) is 28.9 Å². The second-order valence-corrected chi connectivity index (χ2v) is 7.37. The number of ether oxygens (including phenoxy) is 1. The molecule has 0 aliphatic carbocycles. The van der Waals surface area contributed by atoms with Crippen LogP contribution in [-0.2, 0) is 17.8 Å². The van der Waals surface area contributed by atoms with Crippen LogP contribution in [0.1, 0.15) is 34.9 Å². The lowest BCUT2D eigenvalue weighted by molar-refractivity contribution is -0.121. The number of rotatable bonds is 6. The van der Waals surface area contributed by atoms with Gasteiger partial charge in [0, 0.05) is 23.9 Å². The Bertz CT molecular complexity index is 1020. The van der Waals surface area contributed by atoms with E-state index in [4.69, 9.17) is 9.72 Å². The van der Waals surface area contributed by atoms with E-state index in [0.29, 0.717) is 26.0 Å². The van der Waals surface area contributed by atoms with Gasteiger partial charge in [-0.3, -0.25) is 9.20 Å². The second-order valence-electron chi connectivity index (χ2n) is 6.49. The lowest BCUT2D eigenvalue weighted by Gasteiger charge is -2.18. The highest BCUT2D eigenvalue weighted by Gasteiger charge is 2.29. The summed E-state index contributed by atoms with van der Waals surface area (Å²) in [6.07, 6.45) is 6.72. The molecule has 138 valence electrons. The van der Waals surface area contributed by atoms with E-state index in [9.17, 15) is 4.79 Å². The fourth-order valence-electron chi connectivity index (χ4n) is 3.58. The number of imidazole rings is 1. The third-order valence-electron chi connectivity index (χ3n) is 4.76. The zero-order valence-corrected chi connectivity index (χ0v) is 15.8. The predicted molar refractivity (Wildman–Crippen MR) is 107 cm³/mol. The van der Waals surface area contributed by atoms with Crippen molar-refractivity contribution in [2.45, 2.75) is 25.3 Å². The van der Waals surface area contributed by atoms with Crippen LogP contribution >= 0.6 is 11.3 Å². The van der Waals surface area contributed by atoms with Crippen LogP contribution in [0, 0.1) is 0 Å². The van der Waals surface area contributed by atoms with Gasteiger partial charge in [-0.15, -0.1) is 17.9 Å². The maximum atomic E-state index is 12.3. The number of allylic oxidation sites excluding steroid dienone is 1. The lowest BCUT2D eigenvalue weighted by atomic mass is 9.90. The molecule has 3 heterocycles. The number of nitrogens with zero attached hydrogens (tertiary/aromatic N) is 2. The summed E-state index contributed by atoms with van der Waals surface area (Å²) in [6, 6.07) is 6.15. The first-order valence-corrected chi connectivity index (χ1v) is 9.77. The molecule has 0 fully saturated rings. The normalized spacial score (nSPS) is 16.4. The summed E-state index contributed by atoms with van der Waals surface area (Å²) >= 11 is 1.60. The Hall–Kier alpha value is -2.86. The van der Waals surface area contributed by atoms with Gasteiger partial charge >= 0.3 is 0 Å². The van der Waals surface area contributed by atoms with E-state index in [1.54, 1.807) is 17.4 Å². The summed E-state index contributed by atoms with van der Waals surface area (Å²) in [5.74, 6) is 0.814. The Balaban J connectivity index is 1.81. The fraction of sp³-hybridized carbons (Fsp3) is 0.238. The number of hydrogen-bond acceptors (Lipinski definition) is 4. The Labute approximate surface area is 162 Å². The fourth-order valence-corrected chi connectivity index (χ4v) is 4.32. The molecule has 0 saturated heterocycles. The summed E-state index contributed by atoms with van der Waals surface area (Å²) in [5, 5.41) is 4.99. The standard InChI is InChI=1S/C21H21N3O2S/c1-3-5-15-11-14(6-7-18(15)26-9-4-2)16-12-19(25)22-13-17-20(16)24-8-10-27-21(24)23-17/h3-4,6-8,10-11,16H,1-2,5,9,12-13H2,(H,22,25). The molecule has 0 saturated carbocycles. The van der Waals surface area contributed by atoms with E-state index < -0.39 is 0 Å². The second kappa shape index (κ2) is 7.40. The van der Waals surface area contributed by atoms with Crippen molar-refractivity contribution in [1.82, 2.24) is 14.7 Å². The number of amides is 1. The Morgan fingerprint density at radius 2 is 2.26 bits per heavy atom. The van der Waals surface area contributed by atoms with Gasteiger partial charge in [0.05, 0.1) is 17.9 Å². The molecule has 2 aromatic heterocycles. The highest BCUT2D eigenvalue weighted by Crippen LogP contribution is 2.36. The number of thiazole rings is 1. The molecule has 4 rings (SSSR count). The molecular weight excluding hydrogens is 358 g/mol. The van der Waals surface area contributed by atoms with Crippen LogP contribution in [0.4, 0.5) is 0 Å². The van der Waals surface area contributed by atoms with Gasteiger partial charge < -0.3 is 10.1 Å². The van der Waals surface area contributed by atoms with Gasteiger partial charge in [0.25, 0.3) is 0 Å². The molecule has 27 heavy (non-hydrogen) atoms. The number of hydrogen-bond donors (Lipinski definition) is 1. The topological polar surface area (TPSA) is 55.6 Å². The third kappa shape index (κ3) is 3.28. The van der Waals surface area contributed by atoms with Crippen molar-refractivity contribution in [2.24, 2.45) is 0 Å². The van der Waals surface area contributed by atoms with E-state index >= 15 is 0 Å². The van der Waals surface area contributed by atoms with Crippen LogP contribution in [0.25, 0.3) is 4.96 Å². The first kappa shape index (κ1) is 17.5. The Kier molecular flexibility index (Phi) is 4.81. The van der Waals surface area contributed by atoms with Crippen LogP contribution < -0.4 is 10.1 Å². The first-order chi connectivity index (χ1) is 13.2. The lowest BCUT2D eigenvalue weighted by Crippen LogP contribution is -2.21. The van der Waals surface area contributed by atoms with Crippen LogP contribution in [0.3, 0.4) is 0 Å². The average Bonchev–Trinajstić information content (AvgIpc) is 3.20. The number of benzene rings is 1. The summed E-state index contributed by atoms with van der Waals surface area (Å²) in [4.78, 5) is 18.0. The van der Waals surface area contributed by atoms with E-state index in [0.717, 1.165) is 33.2 Å². The molecule has 1 aromatic carbocycles. The number of aromatic nitrogens is 2. The van der Waals surface area contributed by atoms with E-state index in [1.807, 2.05) is 29.8 Å². The number of carbonyl (C=O) groups is 1. The highest BCUT2D eigenvalue weighted by molar-refractivity contribution is 7.15. The van der Waals surface area contributed by atoms with Crippen molar-refractivity contribution in [3.05, 3.63) is 77.6 Å². The van der Waals surface area contributed by atoms with E-state index in [-0.39, 0.29) is 11.8 Å². The van der Waals surface area contributed by atoms with Crippen molar-refractivity contribution in [2.75, 3.05) is 6.61 Å². The number of fused-ring (bicyclic) bond motifs is 3. The summed E-state index contributed by atoms with van der Waals surface area (Å²) in [6.45, 7) is 8.49. The van der Waals surface area contributed by atoms with Crippen molar-refractivity contribution in [3.8, 4) is 5.75 Å². The van der Waals surface area contributed by atoms with Gasteiger partial charge in [0.2, 0.25) is 5.91 Å². The maximum Gasteiger partial charge on any atom is 0.221 e. The first-order valence-electron chi connectivity index (χ1n) is 8.89. The van der Waals surface area contributed by atoms with Gasteiger partial charge in [0.15, 0.2) is 4.96 Å². The Morgan fingerprint density at radius 3 is 3.07 bits per heavy atom. The minimum absolute atomic E-state index is 0.0410. The van der Waals surface area contributed by atoms with Crippen LogP contribution in [-0.4, -0.2) is 21.9 Å². The molecular formula is C21H21N3O2S. The molecule has 0 spiro atoms. The summed E-state index contributed by atoms with van der Waals surface area (Å²) < 4.78 is 7.89. The van der Waals surface area contributed by atoms with Crippen molar-refractivity contribution >= 4 is 22.2 Å². The van der Waals surface area contributed by atoms with Crippen molar-refractivity contribution in [3.63, 3.8) is 0 Å². The minimum atomic E-state index is -0.0517. The quantitative estimate of drug-likeness (QED) is 0.662. The SMILES string of the molecule is C=CCOc1ccc(C2CC(=O)NCc3nc4sccn4c32)cc1CC=C. The molecule has 1 aliphatic heterocycles. The van der Waals surface area contributed by atoms with Crippen LogP contribution in [0.2, 0.25) is 0 Å². The van der Waals surface area contributed by atoms with Crippen molar-refractivity contribution < 1.29 is 9.53 Å². The predicted octanol–water partition coefficient (Wildman–Crippen LogP) is 3.84. The number of nitrogens with one attached hydrogen (secondary N) is 1. The van der Waals surface area contributed by atoms with Gasteiger partial charge in [-0.25, -0.2) is 4.98 Å².